The Kier molecular flexibility index (Phi) is 4.78. The fraction of sp³-hybridized carbons (Fsp3) is 0.333. The molecule has 8 nitrogen and oxygen atoms in total. The van der Waals surface area contributed by atoms with Crippen molar-refractivity contribution in [3.8, 4) is 11.4 Å². The smallest absolute Gasteiger partial charge is 0.359 e. The molecule has 0 amide bonds. The summed E-state index contributed by atoms with van der Waals surface area (Å²) in [5, 5.41) is 13.6. The second kappa shape index (κ2) is 7.02. The normalized spacial score (nSPS) is 12.8. The average Bonchev–Trinajstić information content (AvgIpc) is 3.16. The highest BCUT2D eigenvalue weighted by molar-refractivity contribution is 5.57. The summed E-state index contributed by atoms with van der Waals surface area (Å²) in [6, 6.07) is 4.14. The fourth-order valence-corrected chi connectivity index (χ4v) is 2.36. The van der Waals surface area contributed by atoms with Crippen molar-refractivity contribution in [2.75, 3.05) is 18.5 Å². The van der Waals surface area contributed by atoms with Crippen molar-refractivity contribution >= 4 is 5.82 Å². The van der Waals surface area contributed by atoms with Crippen LogP contribution in [0.15, 0.2) is 30.6 Å². The number of likely N-dealkylation sites (N-methyl/N-ethyl adjacent to an activating group) is 1. The van der Waals surface area contributed by atoms with Crippen LogP contribution in [0.5, 0.6) is 0 Å². The van der Waals surface area contributed by atoms with Gasteiger partial charge in [0.15, 0.2) is 17.3 Å². The van der Waals surface area contributed by atoms with E-state index in [2.05, 4.69) is 35.6 Å². The quantitative estimate of drug-likeness (QED) is 0.742. The lowest BCUT2D eigenvalue weighted by Gasteiger charge is -2.22. The summed E-state index contributed by atoms with van der Waals surface area (Å²) in [6.07, 6.45) is -1.65. The maximum atomic E-state index is 13.3. The Labute approximate surface area is 146 Å². The van der Waals surface area contributed by atoms with Crippen molar-refractivity contribution in [2.45, 2.75) is 19.0 Å². The van der Waals surface area contributed by atoms with E-state index in [4.69, 9.17) is 0 Å². The van der Waals surface area contributed by atoms with E-state index in [0.717, 1.165) is 6.07 Å². The van der Waals surface area contributed by atoms with E-state index in [1.54, 1.807) is 24.1 Å². The van der Waals surface area contributed by atoms with Crippen LogP contribution >= 0.6 is 0 Å². The van der Waals surface area contributed by atoms with Gasteiger partial charge in [-0.15, -0.1) is 10.2 Å². The van der Waals surface area contributed by atoms with E-state index in [1.807, 2.05) is 6.92 Å². The molecule has 1 atom stereocenters. The zero-order valence-electron chi connectivity index (χ0n) is 13.9. The molecule has 3 aromatic heterocycles. The van der Waals surface area contributed by atoms with Crippen LogP contribution in [0.25, 0.3) is 11.4 Å². The van der Waals surface area contributed by atoms with Crippen LogP contribution in [0, 0.1) is 0 Å². The molecule has 1 unspecified atom stereocenters. The van der Waals surface area contributed by atoms with Gasteiger partial charge in [0.1, 0.15) is 5.82 Å². The molecule has 3 rings (SSSR count). The van der Waals surface area contributed by atoms with Gasteiger partial charge >= 0.3 is 6.18 Å². The molecule has 136 valence electrons. The molecule has 3 heterocycles. The number of hydrogen-bond donors (Lipinski definition) is 1. The molecule has 3 aromatic rings. The number of rotatable bonds is 5. The van der Waals surface area contributed by atoms with Crippen LogP contribution in [0.3, 0.4) is 0 Å². The lowest BCUT2D eigenvalue weighted by atomic mass is 10.1. The molecule has 0 aliphatic carbocycles. The van der Waals surface area contributed by atoms with E-state index in [-0.39, 0.29) is 17.6 Å². The number of aromatic amines is 1. The lowest BCUT2D eigenvalue weighted by molar-refractivity contribution is -0.141. The molecule has 0 aliphatic rings. The molecule has 0 spiro atoms. The number of hydrogen-bond acceptors (Lipinski definition) is 7. The number of anilines is 1. The second-order valence-electron chi connectivity index (χ2n) is 5.73. The molecule has 26 heavy (non-hydrogen) atoms. The third-order valence-corrected chi connectivity index (χ3v) is 3.66. The predicted molar refractivity (Wildman–Crippen MR) is 86.1 cm³/mol. The number of H-pyrrole nitrogens is 1. The largest absolute Gasteiger partial charge is 0.433 e. The summed E-state index contributed by atoms with van der Waals surface area (Å²) in [7, 11) is 1.64. The van der Waals surface area contributed by atoms with Crippen LogP contribution in [-0.2, 0) is 6.18 Å². The van der Waals surface area contributed by atoms with Crippen LogP contribution in [0.4, 0.5) is 19.0 Å². The number of alkyl halides is 3. The molecule has 0 aromatic carbocycles. The minimum atomic E-state index is -4.59. The highest BCUT2D eigenvalue weighted by Crippen LogP contribution is 2.31. The fourth-order valence-electron chi connectivity index (χ4n) is 2.36. The van der Waals surface area contributed by atoms with Crippen molar-refractivity contribution < 1.29 is 13.2 Å². The zero-order valence-corrected chi connectivity index (χ0v) is 13.9. The first kappa shape index (κ1) is 17.7. The highest BCUT2D eigenvalue weighted by Gasteiger charge is 2.34. The zero-order chi connectivity index (χ0) is 18.7. The first-order valence-corrected chi connectivity index (χ1v) is 7.65. The van der Waals surface area contributed by atoms with Gasteiger partial charge < -0.3 is 4.90 Å². The number of pyridine rings is 1. The van der Waals surface area contributed by atoms with E-state index in [9.17, 15) is 13.2 Å². The van der Waals surface area contributed by atoms with Gasteiger partial charge in [-0.25, -0.2) is 9.97 Å². The van der Waals surface area contributed by atoms with Gasteiger partial charge in [0, 0.05) is 43.5 Å². The molecular formula is C15H15F3N8. The van der Waals surface area contributed by atoms with Crippen LogP contribution in [0.2, 0.25) is 0 Å². The van der Waals surface area contributed by atoms with Gasteiger partial charge in [0.25, 0.3) is 0 Å². The summed E-state index contributed by atoms with van der Waals surface area (Å²) in [6.45, 7) is 2.19. The second-order valence-corrected chi connectivity index (χ2v) is 5.73. The molecule has 0 fully saturated rings. The minimum Gasteiger partial charge on any atom is -0.359 e. The third-order valence-electron chi connectivity index (χ3n) is 3.66. The Hall–Kier alpha value is -3.11. The van der Waals surface area contributed by atoms with Gasteiger partial charge in [0.05, 0.1) is 0 Å². The molecule has 1 N–H and O–H groups in total. The van der Waals surface area contributed by atoms with Gasteiger partial charge in [-0.2, -0.15) is 18.4 Å². The van der Waals surface area contributed by atoms with Crippen molar-refractivity contribution in [1.29, 1.82) is 0 Å². The maximum Gasteiger partial charge on any atom is 0.433 e. The number of halogens is 3. The highest BCUT2D eigenvalue weighted by atomic mass is 19.4. The lowest BCUT2D eigenvalue weighted by Crippen LogP contribution is -2.25. The summed E-state index contributed by atoms with van der Waals surface area (Å²) < 4.78 is 39.8. The Morgan fingerprint density at radius 2 is 2.08 bits per heavy atom. The Balaban J connectivity index is 1.95. The maximum absolute atomic E-state index is 13.3. The Bertz CT molecular complexity index is 851. The van der Waals surface area contributed by atoms with Crippen molar-refractivity contribution in [3.63, 3.8) is 0 Å². The summed E-state index contributed by atoms with van der Waals surface area (Å²) in [4.78, 5) is 13.4. The Morgan fingerprint density at radius 1 is 1.27 bits per heavy atom. The molecule has 0 saturated carbocycles. The first-order chi connectivity index (χ1) is 12.3. The number of nitrogens with one attached hydrogen (secondary N) is 1. The number of aromatic nitrogens is 7. The minimum absolute atomic E-state index is 0.0398. The van der Waals surface area contributed by atoms with Gasteiger partial charge in [-0.3, -0.25) is 4.98 Å². The van der Waals surface area contributed by atoms with E-state index in [0.29, 0.717) is 17.9 Å². The Morgan fingerprint density at radius 3 is 2.69 bits per heavy atom. The number of nitrogens with zero attached hydrogens (tertiary/aromatic N) is 7. The van der Waals surface area contributed by atoms with Crippen LogP contribution in [0.1, 0.15) is 24.4 Å². The summed E-state index contributed by atoms with van der Waals surface area (Å²) in [5.74, 6) is 0.405. The van der Waals surface area contributed by atoms with Crippen LogP contribution in [-0.4, -0.2) is 49.2 Å². The monoisotopic (exact) mass is 364 g/mol. The van der Waals surface area contributed by atoms with Crippen molar-refractivity contribution in [2.24, 2.45) is 0 Å². The van der Waals surface area contributed by atoms with Crippen molar-refractivity contribution in [1.82, 2.24) is 35.6 Å². The van der Waals surface area contributed by atoms with Gasteiger partial charge in [0.2, 0.25) is 0 Å². The SMILES string of the molecule is CC(CN(C)c1cc(C(F)(F)F)nc(-c2cccnc2)n1)c1nn[nH]n1. The van der Waals surface area contributed by atoms with E-state index >= 15 is 0 Å². The van der Waals surface area contributed by atoms with E-state index < -0.39 is 11.9 Å². The summed E-state index contributed by atoms with van der Waals surface area (Å²) >= 11 is 0. The van der Waals surface area contributed by atoms with Crippen LogP contribution < -0.4 is 4.90 Å². The molecule has 11 heteroatoms. The first-order valence-electron chi connectivity index (χ1n) is 7.65. The molecule has 0 saturated heterocycles. The summed E-state index contributed by atoms with van der Waals surface area (Å²) in [5.41, 5.74) is -0.611. The van der Waals surface area contributed by atoms with Gasteiger partial charge in [-0.05, 0) is 12.1 Å². The van der Waals surface area contributed by atoms with Crippen molar-refractivity contribution in [3.05, 3.63) is 42.1 Å². The average molecular weight is 364 g/mol. The number of tetrazole rings is 1. The standard InChI is InChI=1S/C15H15F3N8/c1-9(13-22-24-25-23-13)8-26(2)12-6-11(15(16,17)18)20-14(21-12)10-4-3-5-19-7-10/h3-7,9H,8H2,1-2H3,(H,22,23,24,25). The molecule has 0 aliphatic heterocycles. The molecule has 0 bridgehead atoms. The third kappa shape index (κ3) is 3.92. The van der Waals surface area contributed by atoms with E-state index in [1.165, 1.54) is 12.4 Å². The molecule has 0 radical (unpaired) electrons. The topological polar surface area (TPSA) is 96.4 Å². The molecular weight excluding hydrogens is 349 g/mol. The van der Waals surface area contributed by atoms with Gasteiger partial charge in [-0.1, -0.05) is 12.1 Å². The predicted octanol–water partition coefficient (Wildman–Crippen LogP) is 2.31.